The third-order valence-electron chi connectivity index (χ3n) is 5.43. The second-order valence-electron chi connectivity index (χ2n) is 6.97. The number of nitro benzene ring substituents is 1. The number of rotatable bonds is 7. The second-order valence-corrected chi connectivity index (χ2v) is 7.88. The van der Waals surface area contributed by atoms with Crippen LogP contribution >= 0.6 is 15.9 Å². The van der Waals surface area contributed by atoms with Gasteiger partial charge in [-0.1, -0.05) is 61.5 Å². The molecule has 2 aromatic rings. The quantitative estimate of drug-likeness (QED) is 0.369. The molecule has 0 fully saturated rings. The summed E-state index contributed by atoms with van der Waals surface area (Å²) >= 11 is 3.63. The zero-order valence-corrected chi connectivity index (χ0v) is 16.4. The first-order valence-corrected chi connectivity index (χ1v) is 9.92. The molecule has 1 aliphatic rings. The van der Waals surface area contributed by atoms with Crippen molar-refractivity contribution in [3.8, 4) is 11.1 Å². The summed E-state index contributed by atoms with van der Waals surface area (Å²) in [5.74, 6) is 0. The van der Waals surface area contributed by atoms with Crippen molar-refractivity contribution in [3.05, 3.63) is 62.1 Å². The first-order valence-electron chi connectivity index (χ1n) is 9.13. The Balaban J connectivity index is 2.25. The highest BCUT2D eigenvalue weighted by atomic mass is 79.9. The van der Waals surface area contributed by atoms with Gasteiger partial charge < -0.3 is 0 Å². The van der Waals surface area contributed by atoms with E-state index in [2.05, 4.69) is 48.0 Å². The number of halogens is 1. The summed E-state index contributed by atoms with van der Waals surface area (Å²) < 4.78 is 1.07. The largest absolute Gasteiger partial charge is 0.269 e. The fourth-order valence-corrected chi connectivity index (χ4v) is 4.55. The molecule has 1 aliphatic carbocycles. The SMILES string of the molecule is CCCCC1(CCCC)c2cc(Br)ccc2-c2ccc([N+](=O)[O-])cc21. The van der Waals surface area contributed by atoms with E-state index in [9.17, 15) is 10.1 Å². The van der Waals surface area contributed by atoms with Crippen molar-refractivity contribution >= 4 is 21.6 Å². The lowest BCUT2D eigenvalue weighted by atomic mass is 9.71. The topological polar surface area (TPSA) is 43.1 Å². The van der Waals surface area contributed by atoms with Crippen LogP contribution in [0.5, 0.6) is 0 Å². The number of nitrogens with zero attached hydrogens (tertiary/aromatic N) is 1. The normalized spacial score (nSPS) is 14.2. The predicted octanol–water partition coefficient (Wildman–Crippen LogP) is 7.00. The summed E-state index contributed by atoms with van der Waals surface area (Å²) in [5, 5.41) is 11.4. The fraction of sp³-hybridized carbons (Fsp3) is 0.429. The van der Waals surface area contributed by atoms with Crippen molar-refractivity contribution in [2.24, 2.45) is 0 Å². The molecule has 0 saturated heterocycles. The Kier molecular flexibility index (Phi) is 5.28. The smallest absolute Gasteiger partial charge is 0.258 e. The predicted molar refractivity (Wildman–Crippen MR) is 106 cm³/mol. The molecule has 4 heteroatoms. The van der Waals surface area contributed by atoms with Crippen LogP contribution in [-0.2, 0) is 5.41 Å². The van der Waals surface area contributed by atoms with Crippen molar-refractivity contribution < 1.29 is 4.92 Å². The molecule has 132 valence electrons. The van der Waals surface area contributed by atoms with E-state index in [4.69, 9.17) is 0 Å². The molecule has 25 heavy (non-hydrogen) atoms. The van der Waals surface area contributed by atoms with Crippen molar-refractivity contribution in [3.63, 3.8) is 0 Å². The first-order chi connectivity index (χ1) is 12.0. The van der Waals surface area contributed by atoms with Crippen LogP contribution < -0.4 is 0 Å². The molecular formula is C21H24BrNO2. The minimum atomic E-state index is -0.274. The van der Waals surface area contributed by atoms with E-state index in [-0.39, 0.29) is 16.0 Å². The second kappa shape index (κ2) is 7.28. The monoisotopic (exact) mass is 401 g/mol. The number of fused-ring (bicyclic) bond motifs is 3. The average Bonchev–Trinajstić information content (AvgIpc) is 2.87. The van der Waals surface area contributed by atoms with Gasteiger partial charge in [-0.3, -0.25) is 10.1 Å². The van der Waals surface area contributed by atoms with Crippen LogP contribution in [0.15, 0.2) is 40.9 Å². The van der Waals surface area contributed by atoms with Gasteiger partial charge in [0.25, 0.3) is 5.69 Å². The Bertz CT molecular complexity index is 792. The molecule has 0 aromatic heterocycles. The lowest BCUT2D eigenvalue weighted by Crippen LogP contribution is -2.25. The third kappa shape index (κ3) is 3.12. The lowest BCUT2D eigenvalue weighted by Gasteiger charge is -2.32. The Morgan fingerprint density at radius 2 is 1.52 bits per heavy atom. The summed E-state index contributed by atoms with van der Waals surface area (Å²) in [6, 6.07) is 11.9. The molecule has 0 bridgehead atoms. The average molecular weight is 402 g/mol. The Hall–Kier alpha value is -1.68. The van der Waals surface area contributed by atoms with Crippen LogP contribution in [0.25, 0.3) is 11.1 Å². The van der Waals surface area contributed by atoms with Crippen LogP contribution in [0.4, 0.5) is 5.69 Å². The Morgan fingerprint density at radius 1 is 0.960 bits per heavy atom. The summed E-state index contributed by atoms with van der Waals surface area (Å²) in [6.45, 7) is 4.41. The molecule has 0 amide bonds. The van der Waals surface area contributed by atoms with Crippen molar-refractivity contribution in [1.29, 1.82) is 0 Å². The molecule has 0 N–H and O–H groups in total. The van der Waals surface area contributed by atoms with Gasteiger partial charge in [0.2, 0.25) is 0 Å². The number of non-ortho nitro benzene ring substituents is 1. The molecule has 0 saturated carbocycles. The van der Waals surface area contributed by atoms with Crippen LogP contribution in [-0.4, -0.2) is 4.92 Å². The molecule has 3 rings (SSSR count). The third-order valence-corrected chi connectivity index (χ3v) is 5.92. The van der Waals surface area contributed by atoms with E-state index in [1.807, 2.05) is 12.1 Å². The fourth-order valence-electron chi connectivity index (χ4n) is 4.19. The van der Waals surface area contributed by atoms with Gasteiger partial charge in [-0.25, -0.2) is 0 Å². The van der Waals surface area contributed by atoms with Crippen molar-refractivity contribution in [1.82, 2.24) is 0 Å². The standard InChI is InChI=1S/C21H24BrNO2/c1-3-5-11-21(12-6-4-2)19-13-15(22)7-9-17(19)18-10-8-16(23(24)25)14-20(18)21/h7-10,13-14H,3-6,11-12H2,1-2H3. The molecule has 0 radical (unpaired) electrons. The minimum absolute atomic E-state index is 0.105. The highest BCUT2D eigenvalue weighted by Crippen LogP contribution is 2.55. The van der Waals surface area contributed by atoms with Crippen molar-refractivity contribution in [2.75, 3.05) is 0 Å². The van der Waals surface area contributed by atoms with Gasteiger partial charge in [0.05, 0.1) is 4.92 Å². The number of nitro groups is 1. The van der Waals surface area contributed by atoms with Crippen LogP contribution in [0.2, 0.25) is 0 Å². The van der Waals surface area contributed by atoms with Gasteiger partial charge in [0, 0.05) is 22.0 Å². The van der Waals surface area contributed by atoms with Gasteiger partial charge in [-0.2, -0.15) is 0 Å². The summed E-state index contributed by atoms with van der Waals surface area (Å²) in [6.07, 6.45) is 6.58. The molecule has 0 atom stereocenters. The summed E-state index contributed by atoms with van der Waals surface area (Å²) in [7, 11) is 0. The van der Waals surface area contributed by atoms with Crippen LogP contribution in [0.3, 0.4) is 0 Å². The zero-order chi connectivity index (χ0) is 18.0. The number of hydrogen-bond acceptors (Lipinski definition) is 2. The lowest BCUT2D eigenvalue weighted by molar-refractivity contribution is -0.384. The Morgan fingerprint density at radius 3 is 2.08 bits per heavy atom. The molecule has 0 aliphatic heterocycles. The van der Waals surface area contributed by atoms with Gasteiger partial charge in [-0.15, -0.1) is 0 Å². The summed E-state index contributed by atoms with van der Waals surface area (Å²) in [5.41, 5.74) is 4.98. The highest BCUT2D eigenvalue weighted by molar-refractivity contribution is 9.10. The first kappa shape index (κ1) is 18.1. The molecule has 3 nitrogen and oxygen atoms in total. The molecule has 0 heterocycles. The van der Waals surface area contributed by atoms with Gasteiger partial charge in [0.15, 0.2) is 0 Å². The maximum atomic E-state index is 11.4. The summed E-state index contributed by atoms with van der Waals surface area (Å²) in [4.78, 5) is 11.1. The van der Waals surface area contributed by atoms with Gasteiger partial charge in [-0.05, 0) is 53.3 Å². The molecule has 2 aromatic carbocycles. The number of benzene rings is 2. The van der Waals surface area contributed by atoms with E-state index >= 15 is 0 Å². The Labute approximate surface area is 157 Å². The number of hydrogen-bond donors (Lipinski definition) is 0. The van der Waals surface area contributed by atoms with Gasteiger partial charge >= 0.3 is 0 Å². The zero-order valence-electron chi connectivity index (χ0n) is 14.8. The molecule has 0 unspecified atom stereocenters. The van der Waals surface area contributed by atoms with E-state index in [0.717, 1.165) is 48.6 Å². The highest BCUT2D eigenvalue weighted by Gasteiger charge is 2.43. The number of unbranched alkanes of at least 4 members (excludes halogenated alkanes) is 2. The molecule has 0 spiro atoms. The maximum absolute atomic E-state index is 11.4. The van der Waals surface area contributed by atoms with E-state index in [1.165, 1.54) is 16.7 Å². The van der Waals surface area contributed by atoms with E-state index in [0.29, 0.717) is 0 Å². The van der Waals surface area contributed by atoms with E-state index in [1.54, 1.807) is 6.07 Å². The van der Waals surface area contributed by atoms with Crippen LogP contribution in [0.1, 0.15) is 63.5 Å². The van der Waals surface area contributed by atoms with Crippen LogP contribution in [0, 0.1) is 10.1 Å². The van der Waals surface area contributed by atoms with E-state index < -0.39 is 0 Å². The molecular weight excluding hydrogens is 378 g/mol. The van der Waals surface area contributed by atoms with Gasteiger partial charge in [0.1, 0.15) is 0 Å². The maximum Gasteiger partial charge on any atom is 0.269 e. The minimum Gasteiger partial charge on any atom is -0.258 e. The van der Waals surface area contributed by atoms with Crippen molar-refractivity contribution in [2.45, 2.75) is 57.8 Å².